The number of para-hydroxylation sites is 2. The fraction of sp³-hybridized carbons (Fsp3) is 0.304. The van der Waals surface area contributed by atoms with E-state index >= 15 is 0 Å². The van der Waals surface area contributed by atoms with Crippen LogP contribution in [0, 0.1) is 0 Å². The van der Waals surface area contributed by atoms with Crippen LogP contribution in [0.2, 0.25) is 0 Å². The third-order valence-electron chi connectivity index (χ3n) is 5.40. The molecule has 0 radical (unpaired) electrons. The number of aromatic nitrogens is 2. The SMILES string of the molecule is CCn1c(/C=C/c2ccc(CN3CCN(C)C3=O)c(OC)c2)nc2ccccc21. The number of methoxy groups -OCH3 is 1. The molecular weight excluding hydrogens is 364 g/mol. The second-order valence-electron chi connectivity index (χ2n) is 7.23. The van der Waals surface area contributed by atoms with E-state index in [2.05, 4.69) is 29.7 Å². The minimum atomic E-state index is 0.0643. The van der Waals surface area contributed by atoms with E-state index in [4.69, 9.17) is 9.72 Å². The highest BCUT2D eigenvalue weighted by Gasteiger charge is 2.25. The van der Waals surface area contributed by atoms with Gasteiger partial charge in [-0.25, -0.2) is 9.78 Å². The highest BCUT2D eigenvalue weighted by atomic mass is 16.5. The first-order valence-electron chi connectivity index (χ1n) is 9.91. The van der Waals surface area contributed by atoms with Crippen LogP contribution in [0.3, 0.4) is 0 Å². The Morgan fingerprint density at radius 3 is 2.69 bits per heavy atom. The summed E-state index contributed by atoms with van der Waals surface area (Å²) in [5, 5.41) is 0. The van der Waals surface area contributed by atoms with Gasteiger partial charge in [-0.15, -0.1) is 0 Å². The van der Waals surface area contributed by atoms with E-state index in [1.807, 2.05) is 48.4 Å². The van der Waals surface area contributed by atoms with Gasteiger partial charge in [0.05, 0.1) is 24.7 Å². The van der Waals surface area contributed by atoms with E-state index in [9.17, 15) is 4.79 Å². The van der Waals surface area contributed by atoms with Crippen molar-refractivity contribution in [2.75, 3.05) is 27.2 Å². The average molecular weight is 390 g/mol. The molecule has 0 saturated carbocycles. The highest BCUT2D eigenvalue weighted by molar-refractivity contribution is 5.80. The molecule has 0 N–H and O–H groups in total. The Morgan fingerprint density at radius 1 is 1.14 bits per heavy atom. The molecule has 0 bridgehead atoms. The monoisotopic (exact) mass is 390 g/mol. The van der Waals surface area contributed by atoms with Crippen molar-refractivity contribution >= 4 is 29.2 Å². The van der Waals surface area contributed by atoms with Crippen molar-refractivity contribution in [2.45, 2.75) is 20.0 Å². The van der Waals surface area contributed by atoms with Crippen LogP contribution in [0.15, 0.2) is 42.5 Å². The summed E-state index contributed by atoms with van der Waals surface area (Å²) < 4.78 is 7.80. The summed E-state index contributed by atoms with van der Waals surface area (Å²) in [5.41, 5.74) is 4.18. The maximum absolute atomic E-state index is 12.2. The Bertz CT molecular complexity index is 1070. The minimum Gasteiger partial charge on any atom is -0.496 e. The Kier molecular flexibility index (Phi) is 5.25. The summed E-state index contributed by atoms with van der Waals surface area (Å²) in [6.45, 7) is 5.05. The molecule has 1 aromatic heterocycles. The van der Waals surface area contributed by atoms with Crippen molar-refractivity contribution in [1.82, 2.24) is 19.4 Å². The van der Waals surface area contributed by atoms with Gasteiger partial charge >= 0.3 is 6.03 Å². The molecule has 0 spiro atoms. The van der Waals surface area contributed by atoms with Crippen molar-refractivity contribution in [3.63, 3.8) is 0 Å². The fourth-order valence-corrected chi connectivity index (χ4v) is 3.78. The molecule has 6 nitrogen and oxygen atoms in total. The van der Waals surface area contributed by atoms with E-state index in [1.165, 1.54) is 0 Å². The standard InChI is InChI=1S/C23H26N4O2/c1-4-27-20-8-6-5-7-19(20)24-22(27)12-10-17-9-11-18(21(15-17)29-3)16-26-14-13-25(2)23(26)28/h5-12,15H,4,13-14,16H2,1-3H3/b12-10+. The first-order chi connectivity index (χ1) is 14.1. The van der Waals surface area contributed by atoms with Crippen LogP contribution in [0.4, 0.5) is 4.79 Å². The largest absolute Gasteiger partial charge is 0.496 e. The first-order valence-corrected chi connectivity index (χ1v) is 9.91. The van der Waals surface area contributed by atoms with Crippen LogP contribution in [0.1, 0.15) is 23.9 Å². The second kappa shape index (κ2) is 7.99. The van der Waals surface area contributed by atoms with Crippen molar-refractivity contribution < 1.29 is 9.53 Å². The number of nitrogens with zero attached hydrogens (tertiary/aromatic N) is 4. The number of ether oxygens (including phenoxy) is 1. The van der Waals surface area contributed by atoms with Gasteiger partial charge in [-0.05, 0) is 36.8 Å². The molecule has 1 aliphatic rings. The third-order valence-corrected chi connectivity index (χ3v) is 5.40. The molecular formula is C23H26N4O2. The normalized spacial score (nSPS) is 14.5. The quantitative estimate of drug-likeness (QED) is 0.637. The van der Waals surface area contributed by atoms with Gasteiger partial charge in [0, 0.05) is 32.2 Å². The molecule has 4 rings (SSSR count). The number of benzene rings is 2. The Balaban J connectivity index is 1.57. The zero-order valence-electron chi connectivity index (χ0n) is 17.1. The van der Waals surface area contributed by atoms with Gasteiger partial charge in [0.2, 0.25) is 0 Å². The molecule has 1 saturated heterocycles. The number of amides is 2. The number of carbonyl (C=O) groups is 1. The number of rotatable bonds is 6. The summed E-state index contributed by atoms with van der Waals surface area (Å²) in [4.78, 5) is 20.5. The van der Waals surface area contributed by atoms with Gasteiger partial charge < -0.3 is 19.1 Å². The molecule has 6 heteroatoms. The Morgan fingerprint density at radius 2 is 1.97 bits per heavy atom. The average Bonchev–Trinajstić information content (AvgIpc) is 3.27. The van der Waals surface area contributed by atoms with E-state index in [0.29, 0.717) is 6.54 Å². The van der Waals surface area contributed by atoms with Crippen molar-refractivity contribution in [3.05, 3.63) is 59.4 Å². The number of aryl methyl sites for hydroxylation is 1. The predicted molar refractivity (Wildman–Crippen MR) is 116 cm³/mol. The Labute approximate surface area is 171 Å². The number of hydrogen-bond acceptors (Lipinski definition) is 3. The van der Waals surface area contributed by atoms with E-state index in [0.717, 1.165) is 53.4 Å². The number of fused-ring (bicyclic) bond motifs is 1. The smallest absolute Gasteiger partial charge is 0.320 e. The lowest BCUT2D eigenvalue weighted by Crippen LogP contribution is -2.29. The number of carbonyl (C=O) groups excluding carboxylic acids is 1. The zero-order chi connectivity index (χ0) is 20.4. The zero-order valence-corrected chi connectivity index (χ0v) is 17.1. The van der Waals surface area contributed by atoms with Gasteiger partial charge in [0.15, 0.2) is 0 Å². The summed E-state index contributed by atoms with van der Waals surface area (Å²) in [6.07, 6.45) is 4.09. The van der Waals surface area contributed by atoms with Crippen LogP contribution in [-0.2, 0) is 13.1 Å². The molecule has 1 fully saturated rings. The lowest BCUT2D eigenvalue weighted by molar-refractivity contribution is 0.196. The van der Waals surface area contributed by atoms with Crippen molar-refractivity contribution in [3.8, 4) is 5.75 Å². The maximum atomic E-state index is 12.2. The molecule has 3 aromatic rings. The molecule has 0 atom stereocenters. The van der Waals surface area contributed by atoms with Crippen LogP contribution in [0.5, 0.6) is 5.75 Å². The van der Waals surface area contributed by atoms with Gasteiger partial charge in [0.1, 0.15) is 11.6 Å². The number of likely N-dealkylation sites (N-methyl/N-ethyl adjacent to an activating group) is 1. The molecule has 0 unspecified atom stereocenters. The third kappa shape index (κ3) is 3.70. The van der Waals surface area contributed by atoms with Crippen molar-refractivity contribution in [2.24, 2.45) is 0 Å². The number of hydrogen-bond donors (Lipinski definition) is 0. The van der Waals surface area contributed by atoms with Gasteiger partial charge in [0.25, 0.3) is 0 Å². The second-order valence-corrected chi connectivity index (χ2v) is 7.23. The molecule has 2 amide bonds. The molecule has 2 heterocycles. The summed E-state index contributed by atoms with van der Waals surface area (Å²) in [5.74, 6) is 1.72. The van der Waals surface area contributed by atoms with Gasteiger partial charge in [-0.1, -0.05) is 30.3 Å². The predicted octanol–water partition coefficient (Wildman–Crippen LogP) is 4.10. The fourth-order valence-electron chi connectivity index (χ4n) is 3.78. The molecule has 29 heavy (non-hydrogen) atoms. The van der Waals surface area contributed by atoms with E-state index < -0.39 is 0 Å². The minimum absolute atomic E-state index is 0.0643. The lowest BCUT2D eigenvalue weighted by Gasteiger charge is -2.18. The maximum Gasteiger partial charge on any atom is 0.320 e. The van der Waals surface area contributed by atoms with Gasteiger partial charge in [-0.2, -0.15) is 0 Å². The van der Waals surface area contributed by atoms with E-state index in [1.54, 1.807) is 12.0 Å². The van der Waals surface area contributed by atoms with Crippen LogP contribution < -0.4 is 4.74 Å². The summed E-state index contributed by atoms with van der Waals surface area (Å²) in [7, 11) is 3.50. The van der Waals surface area contributed by atoms with Crippen molar-refractivity contribution in [1.29, 1.82) is 0 Å². The summed E-state index contributed by atoms with van der Waals surface area (Å²) >= 11 is 0. The van der Waals surface area contributed by atoms with Crippen LogP contribution in [-0.4, -0.2) is 52.6 Å². The van der Waals surface area contributed by atoms with E-state index in [-0.39, 0.29) is 6.03 Å². The molecule has 1 aliphatic heterocycles. The molecule has 0 aliphatic carbocycles. The molecule has 2 aromatic carbocycles. The molecule has 150 valence electrons. The Hall–Kier alpha value is -3.28. The van der Waals surface area contributed by atoms with Gasteiger partial charge in [-0.3, -0.25) is 0 Å². The van der Waals surface area contributed by atoms with Crippen LogP contribution >= 0.6 is 0 Å². The number of urea groups is 1. The first kappa shape index (κ1) is 19.1. The summed E-state index contributed by atoms with van der Waals surface area (Å²) in [6, 6.07) is 14.3. The lowest BCUT2D eigenvalue weighted by atomic mass is 10.1. The number of imidazole rings is 1. The van der Waals surface area contributed by atoms with Crippen LogP contribution in [0.25, 0.3) is 23.2 Å². The topological polar surface area (TPSA) is 50.6 Å². The highest BCUT2D eigenvalue weighted by Crippen LogP contribution is 2.25.